The number of cyclic esters (lactones) is 1. The van der Waals surface area contributed by atoms with Gasteiger partial charge in [0, 0.05) is 7.05 Å². The van der Waals surface area contributed by atoms with E-state index in [-0.39, 0.29) is 11.1 Å². The lowest BCUT2D eigenvalue weighted by Crippen LogP contribution is -2.23. The van der Waals surface area contributed by atoms with Crippen LogP contribution in [0.4, 0.5) is 10.2 Å². The molecule has 2 aliphatic heterocycles. The molecule has 4 rings (SSSR count). The summed E-state index contributed by atoms with van der Waals surface area (Å²) in [7, 11) is 1.59. The molecule has 0 aliphatic carbocycles. The van der Waals surface area contributed by atoms with Gasteiger partial charge in [-0.05, 0) is 33.6 Å². The summed E-state index contributed by atoms with van der Waals surface area (Å²) in [6.07, 6.45) is 0. The van der Waals surface area contributed by atoms with Crippen molar-refractivity contribution in [2.75, 3.05) is 11.9 Å². The van der Waals surface area contributed by atoms with Gasteiger partial charge in [-0.25, -0.2) is 14.0 Å². The SMILES string of the molecule is Cn1oc(=O)c2c1NC1=C(C(=O)OC1)C2c1ccc(F)c(Br)c1. The van der Waals surface area contributed by atoms with Crippen LogP contribution in [0.25, 0.3) is 0 Å². The number of halogens is 2. The number of aromatic nitrogens is 1. The molecule has 0 saturated heterocycles. The molecule has 0 radical (unpaired) electrons. The third kappa shape index (κ3) is 1.98. The van der Waals surface area contributed by atoms with Crippen molar-refractivity contribution < 1.29 is 18.4 Å². The summed E-state index contributed by atoms with van der Waals surface area (Å²) in [4.78, 5) is 24.4. The number of fused-ring (bicyclic) bond motifs is 1. The summed E-state index contributed by atoms with van der Waals surface area (Å²) >= 11 is 3.13. The molecule has 2 aromatic rings. The van der Waals surface area contributed by atoms with Crippen LogP contribution in [0.3, 0.4) is 0 Å². The first-order valence-corrected chi connectivity index (χ1v) is 7.59. The monoisotopic (exact) mass is 380 g/mol. The Kier molecular flexibility index (Phi) is 2.99. The summed E-state index contributed by atoms with van der Waals surface area (Å²) < 4.78 is 25.3. The Labute approximate surface area is 137 Å². The van der Waals surface area contributed by atoms with E-state index in [1.807, 2.05) is 0 Å². The van der Waals surface area contributed by atoms with E-state index >= 15 is 0 Å². The average molecular weight is 381 g/mol. The van der Waals surface area contributed by atoms with E-state index in [1.165, 1.54) is 10.8 Å². The van der Waals surface area contributed by atoms with Crippen molar-refractivity contribution in [2.45, 2.75) is 5.92 Å². The van der Waals surface area contributed by atoms with Crippen LogP contribution in [-0.4, -0.2) is 17.3 Å². The molecule has 1 aromatic heterocycles. The van der Waals surface area contributed by atoms with E-state index in [4.69, 9.17) is 9.26 Å². The Balaban J connectivity index is 2.00. The number of anilines is 1. The van der Waals surface area contributed by atoms with Crippen molar-refractivity contribution in [3.05, 3.63) is 61.3 Å². The Morgan fingerprint density at radius 3 is 2.91 bits per heavy atom. The second-order valence-electron chi connectivity index (χ2n) is 5.34. The molecule has 3 heterocycles. The van der Waals surface area contributed by atoms with Crippen LogP contribution in [0.2, 0.25) is 0 Å². The minimum atomic E-state index is -0.661. The van der Waals surface area contributed by atoms with Crippen molar-refractivity contribution in [3.63, 3.8) is 0 Å². The zero-order valence-corrected chi connectivity index (χ0v) is 13.4. The first-order chi connectivity index (χ1) is 11.0. The minimum Gasteiger partial charge on any atom is -0.456 e. The fraction of sp³-hybridized carbons (Fsp3) is 0.200. The van der Waals surface area contributed by atoms with E-state index in [1.54, 1.807) is 19.2 Å². The number of aryl methyl sites for hydroxylation is 1. The van der Waals surface area contributed by atoms with Crippen LogP contribution in [0, 0.1) is 5.82 Å². The maximum Gasteiger partial charge on any atom is 0.363 e. The van der Waals surface area contributed by atoms with Gasteiger partial charge in [0.1, 0.15) is 12.4 Å². The smallest absolute Gasteiger partial charge is 0.363 e. The fourth-order valence-electron chi connectivity index (χ4n) is 3.01. The fourth-order valence-corrected chi connectivity index (χ4v) is 3.41. The predicted molar refractivity (Wildman–Crippen MR) is 81.5 cm³/mol. The maximum atomic E-state index is 13.5. The Morgan fingerprint density at radius 1 is 1.39 bits per heavy atom. The van der Waals surface area contributed by atoms with Gasteiger partial charge in [0.2, 0.25) is 0 Å². The average Bonchev–Trinajstić information content (AvgIpc) is 3.02. The van der Waals surface area contributed by atoms with Crippen molar-refractivity contribution in [1.29, 1.82) is 0 Å². The predicted octanol–water partition coefficient (Wildman–Crippen LogP) is 2.25. The Hall–Kier alpha value is -2.35. The Bertz CT molecular complexity index is 943. The molecule has 1 atom stereocenters. The zero-order chi connectivity index (χ0) is 16.3. The molecule has 6 nitrogen and oxygen atoms in total. The minimum absolute atomic E-state index is 0.103. The molecular weight excluding hydrogens is 371 g/mol. The summed E-state index contributed by atoms with van der Waals surface area (Å²) in [5.41, 5.74) is 1.31. The molecule has 23 heavy (non-hydrogen) atoms. The summed E-state index contributed by atoms with van der Waals surface area (Å²) in [5.74, 6) is -1.11. The van der Waals surface area contributed by atoms with Crippen molar-refractivity contribution in [1.82, 2.24) is 4.74 Å². The molecule has 1 aromatic carbocycles. The van der Waals surface area contributed by atoms with Crippen LogP contribution >= 0.6 is 15.9 Å². The van der Waals surface area contributed by atoms with Gasteiger partial charge in [-0.1, -0.05) is 6.07 Å². The van der Waals surface area contributed by atoms with Gasteiger partial charge in [-0.2, -0.15) is 4.74 Å². The topological polar surface area (TPSA) is 73.5 Å². The molecule has 1 unspecified atom stereocenters. The number of hydrogen-bond acceptors (Lipinski definition) is 5. The lowest BCUT2D eigenvalue weighted by Gasteiger charge is -2.23. The van der Waals surface area contributed by atoms with E-state index in [0.29, 0.717) is 28.2 Å². The highest BCUT2D eigenvalue weighted by molar-refractivity contribution is 9.10. The van der Waals surface area contributed by atoms with Gasteiger partial charge in [0.15, 0.2) is 5.82 Å². The molecule has 0 fully saturated rings. The van der Waals surface area contributed by atoms with Crippen LogP contribution < -0.4 is 10.9 Å². The molecule has 1 N–H and O–H groups in total. The van der Waals surface area contributed by atoms with E-state index in [2.05, 4.69) is 21.2 Å². The lowest BCUT2D eigenvalue weighted by atomic mass is 9.83. The second-order valence-corrected chi connectivity index (χ2v) is 6.19. The number of ether oxygens (including phenoxy) is 1. The normalized spacial score (nSPS) is 19.3. The lowest BCUT2D eigenvalue weighted by molar-refractivity contribution is -0.136. The highest BCUT2D eigenvalue weighted by Gasteiger charge is 2.42. The van der Waals surface area contributed by atoms with Crippen LogP contribution in [0.1, 0.15) is 17.0 Å². The summed E-state index contributed by atoms with van der Waals surface area (Å²) in [6.45, 7) is 0.103. The third-order valence-electron chi connectivity index (χ3n) is 4.03. The summed E-state index contributed by atoms with van der Waals surface area (Å²) in [6, 6.07) is 4.38. The van der Waals surface area contributed by atoms with Crippen LogP contribution in [0.15, 0.2) is 43.3 Å². The number of hydrogen-bond donors (Lipinski definition) is 1. The Morgan fingerprint density at radius 2 is 2.17 bits per heavy atom. The van der Waals surface area contributed by atoms with Gasteiger partial charge in [-0.15, -0.1) is 0 Å². The van der Waals surface area contributed by atoms with Crippen LogP contribution in [0.5, 0.6) is 0 Å². The quantitative estimate of drug-likeness (QED) is 0.768. The van der Waals surface area contributed by atoms with Gasteiger partial charge in [0.05, 0.1) is 27.2 Å². The number of esters is 1. The molecule has 0 amide bonds. The molecule has 0 spiro atoms. The van der Waals surface area contributed by atoms with Gasteiger partial charge < -0.3 is 14.6 Å². The number of benzene rings is 1. The van der Waals surface area contributed by atoms with E-state index < -0.39 is 23.3 Å². The number of carbonyl (C=O) groups is 1. The number of carbonyl (C=O) groups excluding carboxylic acids is 1. The van der Waals surface area contributed by atoms with E-state index in [0.717, 1.165) is 0 Å². The standard InChI is InChI=1S/C15H10BrFN2O4/c1-19-13-12(15(21)23-19)10(6-2-3-8(17)7(16)4-6)11-9(18-13)5-22-14(11)20/h2-4,10,18H,5H2,1H3. The van der Waals surface area contributed by atoms with Crippen molar-refractivity contribution in [3.8, 4) is 0 Å². The number of rotatable bonds is 1. The van der Waals surface area contributed by atoms with Crippen LogP contribution in [-0.2, 0) is 16.6 Å². The summed E-state index contributed by atoms with van der Waals surface area (Å²) in [5, 5.41) is 3.02. The largest absolute Gasteiger partial charge is 0.456 e. The second kappa shape index (κ2) is 4.82. The highest BCUT2D eigenvalue weighted by atomic mass is 79.9. The number of nitrogens with zero attached hydrogens (tertiary/aromatic N) is 1. The van der Waals surface area contributed by atoms with Gasteiger partial charge >= 0.3 is 11.6 Å². The molecule has 0 bridgehead atoms. The first kappa shape index (κ1) is 14.3. The molecule has 0 saturated carbocycles. The highest BCUT2D eigenvalue weighted by Crippen LogP contribution is 2.43. The maximum absolute atomic E-state index is 13.5. The first-order valence-electron chi connectivity index (χ1n) is 6.79. The number of nitrogens with one attached hydrogen (secondary N) is 1. The van der Waals surface area contributed by atoms with Gasteiger partial charge in [-0.3, -0.25) is 0 Å². The molecule has 8 heteroatoms. The van der Waals surface area contributed by atoms with Crippen molar-refractivity contribution >= 4 is 27.7 Å². The third-order valence-corrected chi connectivity index (χ3v) is 4.63. The zero-order valence-electron chi connectivity index (χ0n) is 11.9. The molecule has 2 aliphatic rings. The molecule has 118 valence electrons. The van der Waals surface area contributed by atoms with Crippen molar-refractivity contribution in [2.24, 2.45) is 7.05 Å². The van der Waals surface area contributed by atoms with E-state index in [9.17, 15) is 14.0 Å². The van der Waals surface area contributed by atoms with Gasteiger partial charge in [0.25, 0.3) is 0 Å². The molecular formula is C15H10BrFN2O4.